The molecule has 1 aliphatic carbocycles. The van der Waals surface area contributed by atoms with E-state index in [2.05, 4.69) is 58.3 Å². The number of piperazine rings is 1. The number of anilines is 2. The Morgan fingerprint density at radius 3 is 2.36 bits per heavy atom. The molecule has 5 rings (SSSR count). The zero-order valence-electron chi connectivity index (χ0n) is 20.0. The third-order valence-corrected chi connectivity index (χ3v) is 7.47. The quantitative estimate of drug-likeness (QED) is 0.780. The van der Waals surface area contributed by atoms with E-state index in [1.54, 1.807) is 0 Å². The van der Waals surface area contributed by atoms with Gasteiger partial charge in [0.05, 0.1) is 13.2 Å². The number of ether oxygens (including phenoxy) is 1. The number of likely N-dealkylation sites (N-methyl/N-ethyl adjacent to an activating group) is 1. The fourth-order valence-electron chi connectivity index (χ4n) is 5.38. The molecule has 6 heteroatoms. The van der Waals surface area contributed by atoms with E-state index in [1.807, 2.05) is 12.1 Å². The van der Waals surface area contributed by atoms with Crippen LogP contribution in [0.4, 0.5) is 11.4 Å². The predicted octanol–water partition coefficient (Wildman–Crippen LogP) is 2.87. The molecular weight excluding hydrogens is 412 g/mol. The fourth-order valence-corrected chi connectivity index (χ4v) is 5.38. The van der Waals surface area contributed by atoms with Gasteiger partial charge >= 0.3 is 0 Å². The standard InChI is InChI=1S/C27H36N4O2/c1-20-17-25(30-11-9-29(2)10-12-30)19-22-18-23(5-8-26(20)22)28-27(32)21-3-6-24(7-4-21)31-13-15-33-16-14-31/h3-4,6-7,17,19,23H,5,8-16,18H2,1-2H3,(H,28,32)/t23-/m1/s1. The van der Waals surface area contributed by atoms with Gasteiger partial charge in [0, 0.05) is 62.2 Å². The second-order valence-electron chi connectivity index (χ2n) is 9.75. The second kappa shape index (κ2) is 9.74. The lowest BCUT2D eigenvalue weighted by molar-refractivity contribution is 0.0933. The van der Waals surface area contributed by atoms with Crippen molar-refractivity contribution in [3.8, 4) is 0 Å². The SMILES string of the molecule is Cc1cc(N2CCN(C)CC2)cc2c1CC[C@@H](NC(=O)c1ccc(N3CCOCC3)cc1)C2. The lowest BCUT2D eigenvalue weighted by atomic mass is 9.85. The minimum absolute atomic E-state index is 0.0314. The van der Waals surface area contributed by atoms with Crippen LogP contribution in [0.1, 0.15) is 33.5 Å². The van der Waals surface area contributed by atoms with E-state index in [4.69, 9.17) is 4.74 Å². The highest BCUT2D eigenvalue weighted by molar-refractivity contribution is 5.94. The Bertz CT molecular complexity index is 976. The van der Waals surface area contributed by atoms with Crippen LogP contribution in [-0.2, 0) is 17.6 Å². The number of carbonyl (C=O) groups is 1. The number of morpholine rings is 1. The van der Waals surface area contributed by atoms with Crippen LogP contribution in [0.2, 0.25) is 0 Å². The molecule has 2 aromatic rings. The summed E-state index contributed by atoms with van der Waals surface area (Å²) in [5, 5.41) is 3.31. The third kappa shape index (κ3) is 5.02. The van der Waals surface area contributed by atoms with Crippen molar-refractivity contribution in [2.24, 2.45) is 0 Å². The molecule has 176 valence electrons. The number of aryl methyl sites for hydroxylation is 1. The van der Waals surface area contributed by atoms with Gasteiger partial charge in [0.2, 0.25) is 0 Å². The first-order valence-electron chi connectivity index (χ1n) is 12.4. The highest BCUT2D eigenvalue weighted by Crippen LogP contribution is 2.30. The number of rotatable bonds is 4. The number of hydrogen-bond donors (Lipinski definition) is 1. The molecule has 1 atom stereocenters. The molecule has 0 aromatic heterocycles. The maximum atomic E-state index is 13.0. The number of benzene rings is 2. The van der Waals surface area contributed by atoms with E-state index in [0.29, 0.717) is 0 Å². The summed E-state index contributed by atoms with van der Waals surface area (Å²) in [6.07, 6.45) is 2.94. The normalized spacial score (nSPS) is 21.6. The number of nitrogens with zero attached hydrogens (tertiary/aromatic N) is 3. The zero-order valence-corrected chi connectivity index (χ0v) is 20.0. The van der Waals surface area contributed by atoms with Gasteiger partial charge in [0.15, 0.2) is 0 Å². The number of amides is 1. The highest BCUT2D eigenvalue weighted by Gasteiger charge is 2.24. The van der Waals surface area contributed by atoms with E-state index < -0.39 is 0 Å². The van der Waals surface area contributed by atoms with Crippen molar-refractivity contribution < 1.29 is 9.53 Å². The number of nitrogens with one attached hydrogen (secondary N) is 1. The average molecular weight is 449 g/mol. The van der Waals surface area contributed by atoms with Gasteiger partial charge < -0.3 is 24.8 Å². The van der Waals surface area contributed by atoms with Crippen LogP contribution in [0.25, 0.3) is 0 Å². The molecule has 0 spiro atoms. The lowest BCUT2D eigenvalue weighted by Crippen LogP contribution is -2.44. The van der Waals surface area contributed by atoms with Gasteiger partial charge in [0.25, 0.3) is 5.91 Å². The van der Waals surface area contributed by atoms with E-state index in [-0.39, 0.29) is 11.9 Å². The maximum absolute atomic E-state index is 13.0. The molecule has 2 saturated heterocycles. The van der Waals surface area contributed by atoms with E-state index in [1.165, 1.54) is 22.4 Å². The first-order chi connectivity index (χ1) is 16.1. The average Bonchev–Trinajstić information content (AvgIpc) is 2.85. The molecule has 2 aliphatic heterocycles. The van der Waals surface area contributed by atoms with Crippen molar-refractivity contribution in [3.05, 3.63) is 58.7 Å². The van der Waals surface area contributed by atoms with Gasteiger partial charge in [-0.15, -0.1) is 0 Å². The van der Waals surface area contributed by atoms with E-state index >= 15 is 0 Å². The van der Waals surface area contributed by atoms with E-state index in [9.17, 15) is 4.79 Å². The molecule has 1 N–H and O–H groups in total. The topological polar surface area (TPSA) is 48.0 Å². The Labute approximate surface area is 197 Å². The van der Waals surface area contributed by atoms with Crippen molar-refractivity contribution in [1.82, 2.24) is 10.2 Å². The minimum Gasteiger partial charge on any atom is -0.378 e. The lowest BCUT2D eigenvalue weighted by Gasteiger charge is -2.35. The van der Waals surface area contributed by atoms with Crippen LogP contribution in [-0.4, -0.2) is 76.4 Å². The van der Waals surface area contributed by atoms with Gasteiger partial charge in [-0.1, -0.05) is 0 Å². The smallest absolute Gasteiger partial charge is 0.251 e. The summed E-state index contributed by atoms with van der Waals surface area (Å²) in [6, 6.07) is 12.9. The second-order valence-corrected chi connectivity index (χ2v) is 9.75. The summed E-state index contributed by atoms with van der Waals surface area (Å²) >= 11 is 0. The molecular formula is C27H36N4O2. The largest absolute Gasteiger partial charge is 0.378 e. The Balaban J connectivity index is 1.23. The van der Waals surface area contributed by atoms with Crippen LogP contribution >= 0.6 is 0 Å². The Morgan fingerprint density at radius 1 is 0.939 bits per heavy atom. The Kier molecular flexibility index (Phi) is 6.56. The number of hydrogen-bond acceptors (Lipinski definition) is 5. The van der Waals surface area contributed by atoms with Crippen molar-refractivity contribution in [1.29, 1.82) is 0 Å². The Hall–Kier alpha value is -2.57. The van der Waals surface area contributed by atoms with Crippen molar-refractivity contribution in [3.63, 3.8) is 0 Å². The summed E-state index contributed by atoms with van der Waals surface area (Å²) in [5.41, 5.74) is 7.51. The molecule has 2 heterocycles. The molecule has 0 radical (unpaired) electrons. The molecule has 3 aliphatic rings. The van der Waals surface area contributed by atoms with Crippen molar-refractivity contribution in [2.45, 2.75) is 32.2 Å². The van der Waals surface area contributed by atoms with Gasteiger partial charge in [-0.2, -0.15) is 0 Å². The number of fused-ring (bicyclic) bond motifs is 1. The summed E-state index contributed by atoms with van der Waals surface area (Å²) < 4.78 is 5.44. The Morgan fingerprint density at radius 2 is 1.64 bits per heavy atom. The van der Waals surface area contributed by atoms with Gasteiger partial charge in [-0.3, -0.25) is 4.79 Å². The van der Waals surface area contributed by atoms with Gasteiger partial charge in [-0.05, 0) is 86.3 Å². The molecule has 0 bridgehead atoms. The first kappa shape index (κ1) is 22.2. The molecule has 2 aromatic carbocycles. The van der Waals surface area contributed by atoms with E-state index in [0.717, 1.165) is 83.0 Å². The highest BCUT2D eigenvalue weighted by atomic mass is 16.5. The van der Waals surface area contributed by atoms with Gasteiger partial charge in [-0.25, -0.2) is 0 Å². The first-order valence-corrected chi connectivity index (χ1v) is 12.4. The predicted molar refractivity (Wildman–Crippen MR) is 134 cm³/mol. The molecule has 33 heavy (non-hydrogen) atoms. The molecule has 6 nitrogen and oxygen atoms in total. The monoisotopic (exact) mass is 448 g/mol. The summed E-state index contributed by atoms with van der Waals surface area (Å²) in [7, 11) is 2.19. The van der Waals surface area contributed by atoms with Crippen LogP contribution in [0.5, 0.6) is 0 Å². The zero-order chi connectivity index (χ0) is 22.8. The number of carbonyl (C=O) groups excluding carboxylic acids is 1. The summed E-state index contributed by atoms with van der Waals surface area (Å²) in [5.74, 6) is 0.0314. The fraction of sp³-hybridized carbons (Fsp3) is 0.519. The van der Waals surface area contributed by atoms with Crippen LogP contribution in [0.15, 0.2) is 36.4 Å². The molecule has 0 unspecified atom stereocenters. The van der Waals surface area contributed by atoms with Crippen molar-refractivity contribution in [2.75, 3.05) is 69.3 Å². The summed E-state index contributed by atoms with van der Waals surface area (Å²) in [4.78, 5) is 20.2. The van der Waals surface area contributed by atoms with Crippen LogP contribution in [0.3, 0.4) is 0 Å². The molecule has 2 fully saturated rings. The molecule has 1 amide bonds. The third-order valence-electron chi connectivity index (χ3n) is 7.47. The van der Waals surface area contributed by atoms with Crippen LogP contribution in [0, 0.1) is 6.92 Å². The van der Waals surface area contributed by atoms with Crippen LogP contribution < -0.4 is 15.1 Å². The molecule has 0 saturated carbocycles. The minimum atomic E-state index is 0.0314. The summed E-state index contributed by atoms with van der Waals surface area (Å²) in [6.45, 7) is 9.96. The maximum Gasteiger partial charge on any atom is 0.251 e. The van der Waals surface area contributed by atoms with Crippen molar-refractivity contribution >= 4 is 17.3 Å². The van der Waals surface area contributed by atoms with Gasteiger partial charge in [0.1, 0.15) is 0 Å².